The van der Waals surface area contributed by atoms with E-state index < -0.39 is 0 Å². The molecular formula is C11H20N2O3. The molecule has 1 rings (SSSR count). The smallest absolute Gasteiger partial charge is 0.242 e. The zero-order chi connectivity index (χ0) is 12.0. The van der Waals surface area contributed by atoms with Crippen molar-refractivity contribution in [1.82, 2.24) is 10.2 Å². The number of amides is 2. The van der Waals surface area contributed by atoms with E-state index >= 15 is 0 Å². The quantitative estimate of drug-likeness (QED) is 0.658. The normalized spacial score (nSPS) is 21.1. The van der Waals surface area contributed by atoms with Gasteiger partial charge in [-0.3, -0.25) is 9.59 Å². The Morgan fingerprint density at radius 2 is 2.19 bits per heavy atom. The Morgan fingerprint density at radius 1 is 1.44 bits per heavy atom. The second-order valence-electron chi connectivity index (χ2n) is 3.95. The molecule has 1 saturated heterocycles. The molecule has 1 aliphatic heterocycles. The van der Waals surface area contributed by atoms with Crippen LogP contribution >= 0.6 is 0 Å². The van der Waals surface area contributed by atoms with Gasteiger partial charge in [0, 0.05) is 13.2 Å². The summed E-state index contributed by atoms with van der Waals surface area (Å²) in [5.74, 6) is -0.126. The molecule has 1 aliphatic rings. The maximum Gasteiger partial charge on any atom is 0.242 e. The van der Waals surface area contributed by atoms with E-state index in [-0.39, 0.29) is 24.4 Å². The first-order valence-electron chi connectivity index (χ1n) is 5.81. The Balaban J connectivity index is 2.28. The van der Waals surface area contributed by atoms with Crippen LogP contribution in [0.15, 0.2) is 0 Å². The van der Waals surface area contributed by atoms with Gasteiger partial charge >= 0.3 is 0 Å². The predicted molar refractivity (Wildman–Crippen MR) is 59.9 cm³/mol. The third-order valence-electron chi connectivity index (χ3n) is 2.70. The number of piperazine rings is 1. The molecule has 0 spiro atoms. The first kappa shape index (κ1) is 13.0. The van der Waals surface area contributed by atoms with Gasteiger partial charge in [-0.05, 0) is 13.3 Å². The molecule has 1 atom stereocenters. The summed E-state index contributed by atoms with van der Waals surface area (Å²) in [5, 5.41) is 2.55. The van der Waals surface area contributed by atoms with E-state index in [1.54, 1.807) is 11.8 Å². The summed E-state index contributed by atoms with van der Waals surface area (Å²) in [6, 6.07) is -0.379. The molecule has 5 heteroatoms. The fourth-order valence-electron chi connectivity index (χ4n) is 1.60. The van der Waals surface area contributed by atoms with Gasteiger partial charge in [-0.2, -0.15) is 0 Å². The molecule has 2 amide bonds. The molecule has 0 aromatic heterocycles. The second-order valence-corrected chi connectivity index (χ2v) is 3.95. The minimum absolute atomic E-state index is 0.0359. The SMILES string of the molecule is CCCCOCCN1C(=O)CNC(=O)C1C. The number of nitrogens with zero attached hydrogens (tertiary/aromatic N) is 1. The third kappa shape index (κ3) is 3.48. The molecule has 92 valence electrons. The number of unbranched alkanes of at least 4 members (excludes halogenated alkanes) is 1. The van der Waals surface area contributed by atoms with Gasteiger partial charge in [-0.15, -0.1) is 0 Å². The van der Waals surface area contributed by atoms with Crippen molar-refractivity contribution in [2.45, 2.75) is 32.7 Å². The van der Waals surface area contributed by atoms with Crippen molar-refractivity contribution in [3.05, 3.63) is 0 Å². The first-order chi connectivity index (χ1) is 7.66. The lowest BCUT2D eigenvalue weighted by atomic mass is 10.2. The van der Waals surface area contributed by atoms with Gasteiger partial charge in [0.25, 0.3) is 0 Å². The average Bonchev–Trinajstić information content (AvgIpc) is 2.28. The standard InChI is InChI=1S/C11H20N2O3/c1-3-4-6-16-7-5-13-9(2)11(15)12-8-10(13)14/h9H,3-8H2,1-2H3,(H,12,15). The van der Waals surface area contributed by atoms with Gasteiger partial charge in [0.2, 0.25) is 11.8 Å². The highest BCUT2D eigenvalue weighted by Crippen LogP contribution is 2.04. The van der Waals surface area contributed by atoms with Crippen LogP contribution in [0, 0.1) is 0 Å². The highest BCUT2D eigenvalue weighted by molar-refractivity contribution is 5.94. The van der Waals surface area contributed by atoms with Crippen molar-refractivity contribution in [3.63, 3.8) is 0 Å². The van der Waals surface area contributed by atoms with Gasteiger partial charge in [0.15, 0.2) is 0 Å². The number of nitrogens with one attached hydrogen (secondary N) is 1. The molecule has 0 saturated carbocycles. The van der Waals surface area contributed by atoms with Crippen LogP contribution in [0.25, 0.3) is 0 Å². The molecule has 0 radical (unpaired) electrons. The lowest BCUT2D eigenvalue weighted by Gasteiger charge is -2.32. The molecule has 1 N–H and O–H groups in total. The van der Waals surface area contributed by atoms with Gasteiger partial charge < -0.3 is 15.0 Å². The van der Waals surface area contributed by atoms with Crippen LogP contribution < -0.4 is 5.32 Å². The van der Waals surface area contributed by atoms with Crippen LogP contribution in [-0.4, -0.2) is 49.1 Å². The maximum atomic E-state index is 11.5. The number of carbonyl (C=O) groups is 2. The van der Waals surface area contributed by atoms with E-state index in [4.69, 9.17) is 4.74 Å². The summed E-state index contributed by atoms with van der Waals surface area (Å²) in [4.78, 5) is 24.4. The zero-order valence-corrected chi connectivity index (χ0v) is 9.99. The first-order valence-corrected chi connectivity index (χ1v) is 5.81. The van der Waals surface area contributed by atoms with Crippen molar-refractivity contribution in [3.8, 4) is 0 Å². The number of ether oxygens (including phenoxy) is 1. The lowest BCUT2D eigenvalue weighted by molar-refractivity contribution is -0.145. The summed E-state index contributed by atoms with van der Waals surface area (Å²) in [7, 11) is 0. The van der Waals surface area contributed by atoms with Crippen molar-refractivity contribution in [1.29, 1.82) is 0 Å². The van der Waals surface area contributed by atoms with E-state index in [2.05, 4.69) is 12.2 Å². The molecule has 16 heavy (non-hydrogen) atoms. The zero-order valence-electron chi connectivity index (χ0n) is 9.99. The van der Waals surface area contributed by atoms with Crippen molar-refractivity contribution < 1.29 is 14.3 Å². The number of hydrogen-bond donors (Lipinski definition) is 1. The Labute approximate surface area is 96.1 Å². The summed E-state index contributed by atoms with van der Waals surface area (Å²) in [6.07, 6.45) is 2.13. The van der Waals surface area contributed by atoms with Crippen LogP contribution in [0.2, 0.25) is 0 Å². The summed E-state index contributed by atoms with van der Waals surface area (Å²) < 4.78 is 5.38. The summed E-state index contributed by atoms with van der Waals surface area (Å²) in [6.45, 7) is 5.67. The fraction of sp³-hybridized carbons (Fsp3) is 0.818. The maximum absolute atomic E-state index is 11.5. The monoisotopic (exact) mass is 228 g/mol. The molecule has 0 aromatic carbocycles. The molecule has 0 aromatic rings. The number of hydrogen-bond acceptors (Lipinski definition) is 3. The molecular weight excluding hydrogens is 208 g/mol. The Morgan fingerprint density at radius 3 is 2.88 bits per heavy atom. The Hall–Kier alpha value is -1.10. The molecule has 5 nitrogen and oxygen atoms in total. The van der Waals surface area contributed by atoms with Gasteiger partial charge in [-0.1, -0.05) is 13.3 Å². The van der Waals surface area contributed by atoms with Crippen LogP contribution in [0.3, 0.4) is 0 Å². The van der Waals surface area contributed by atoms with Crippen LogP contribution in [0.1, 0.15) is 26.7 Å². The second kappa shape index (κ2) is 6.48. The van der Waals surface area contributed by atoms with Gasteiger partial charge in [0.1, 0.15) is 6.04 Å². The molecule has 0 aliphatic carbocycles. The van der Waals surface area contributed by atoms with Crippen LogP contribution in [-0.2, 0) is 14.3 Å². The highest BCUT2D eigenvalue weighted by Gasteiger charge is 2.30. The van der Waals surface area contributed by atoms with E-state index in [0.29, 0.717) is 13.2 Å². The number of carbonyl (C=O) groups excluding carboxylic acids is 2. The van der Waals surface area contributed by atoms with E-state index in [0.717, 1.165) is 19.4 Å². The molecule has 1 fully saturated rings. The topological polar surface area (TPSA) is 58.6 Å². The number of rotatable bonds is 6. The minimum Gasteiger partial charge on any atom is -0.380 e. The molecule has 1 unspecified atom stereocenters. The van der Waals surface area contributed by atoms with Gasteiger partial charge in [-0.25, -0.2) is 0 Å². The van der Waals surface area contributed by atoms with Crippen molar-refractivity contribution >= 4 is 11.8 Å². The summed E-state index contributed by atoms with van der Waals surface area (Å²) >= 11 is 0. The molecule has 0 bridgehead atoms. The average molecular weight is 228 g/mol. The van der Waals surface area contributed by atoms with Crippen molar-refractivity contribution in [2.24, 2.45) is 0 Å². The highest BCUT2D eigenvalue weighted by atomic mass is 16.5. The third-order valence-corrected chi connectivity index (χ3v) is 2.70. The fourth-order valence-corrected chi connectivity index (χ4v) is 1.60. The summed E-state index contributed by atoms with van der Waals surface area (Å²) in [5.41, 5.74) is 0. The van der Waals surface area contributed by atoms with E-state index in [1.165, 1.54) is 0 Å². The Bertz CT molecular complexity index is 256. The minimum atomic E-state index is -0.379. The predicted octanol–water partition coefficient (Wildman–Crippen LogP) is 0.150. The lowest BCUT2D eigenvalue weighted by Crippen LogP contribution is -2.57. The molecule has 1 heterocycles. The van der Waals surface area contributed by atoms with E-state index in [1.807, 2.05) is 0 Å². The van der Waals surface area contributed by atoms with Crippen LogP contribution in [0.5, 0.6) is 0 Å². The largest absolute Gasteiger partial charge is 0.380 e. The Kier molecular flexibility index (Phi) is 5.25. The van der Waals surface area contributed by atoms with Crippen LogP contribution in [0.4, 0.5) is 0 Å². The van der Waals surface area contributed by atoms with Gasteiger partial charge in [0.05, 0.1) is 13.2 Å². The van der Waals surface area contributed by atoms with E-state index in [9.17, 15) is 9.59 Å². The van der Waals surface area contributed by atoms with Crippen molar-refractivity contribution in [2.75, 3.05) is 26.3 Å².